The largest absolute Gasteiger partial charge is 0.501 e. The molecule has 0 radical (unpaired) electrons. The molecule has 1 aromatic heterocycles. The predicted octanol–water partition coefficient (Wildman–Crippen LogP) is 2.06. The van der Waals surface area contributed by atoms with Crippen LogP contribution in [0.5, 0.6) is 5.75 Å². The molecule has 9 nitrogen and oxygen atoms in total. The molecular formula is C22H24N4O5S. The van der Waals surface area contributed by atoms with E-state index in [1.165, 1.54) is 7.05 Å². The van der Waals surface area contributed by atoms with Crippen molar-refractivity contribution in [2.24, 2.45) is 7.05 Å². The van der Waals surface area contributed by atoms with E-state index in [2.05, 4.69) is 10.3 Å². The summed E-state index contributed by atoms with van der Waals surface area (Å²) in [6.07, 6.45) is 1.12. The zero-order chi connectivity index (χ0) is 23.0. The third kappa shape index (κ3) is 3.93. The van der Waals surface area contributed by atoms with E-state index in [0.717, 1.165) is 25.2 Å². The molecule has 0 spiro atoms. The molecule has 4 rings (SSSR count). The van der Waals surface area contributed by atoms with Gasteiger partial charge in [-0.1, -0.05) is 36.4 Å². The molecule has 32 heavy (non-hydrogen) atoms. The number of anilines is 1. The van der Waals surface area contributed by atoms with Gasteiger partial charge in [0.15, 0.2) is 5.69 Å². The fraction of sp³-hybridized carbons (Fsp3) is 0.318. The third-order valence-corrected chi connectivity index (χ3v) is 7.47. The summed E-state index contributed by atoms with van der Waals surface area (Å²) < 4.78 is 27.0. The van der Waals surface area contributed by atoms with E-state index in [-0.39, 0.29) is 18.2 Å². The first kappa shape index (κ1) is 21.8. The Labute approximate surface area is 185 Å². The van der Waals surface area contributed by atoms with E-state index in [0.29, 0.717) is 12.8 Å². The smallest absolute Gasteiger partial charge is 0.297 e. The molecule has 0 saturated carbocycles. The zero-order valence-corrected chi connectivity index (χ0v) is 18.6. The number of aromatic nitrogens is 2. The number of hydrogen-bond donors (Lipinski definition) is 2. The van der Waals surface area contributed by atoms with Gasteiger partial charge < -0.3 is 10.4 Å². The highest BCUT2D eigenvalue weighted by atomic mass is 32.2. The molecule has 1 aliphatic heterocycles. The molecule has 1 unspecified atom stereocenters. The molecule has 168 valence electrons. The highest BCUT2D eigenvalue weighted by molar-refractivity contribution is 7.92. The molecule has 2 N–H and O–H groups in total. The number of nitrogens with one attached hydrogen (secondary N) is 1. The van der Waals surface area contributed by atoms with Crippen LogP contribution in [-0.2, 0) is 17.1 Å². The summed E-state index contributed by atoms with van der Waals surface area (Å²) in [4.78, 5) is 29.6. The van der Waals surface area contributed by atoms with Crippen molar-refractivity contribution in [3.63, 3.8) is 0 Å². The molecule has 3 aromatic rings. The Balaban J connectivity index is 1.67. The highest BCUT2D eigenvalue weighted by Crippen LogP contribution is 2.24. The Morgan fingerprint density at radius 3 is 2.59 bits per heavy atom. The third-order valence-electron chi connectivity index (χ3n) is 5.65. The van der Waals surface area contributed by atoms with Gasteiger partial charge in [-0.3, -0.25) is 14.2 Å². The van der Waals surface area contributed by atoms with E-state index in [9.17, 15) is 23.1 Å². The first-order valence-corrected chi connectivity index (χ1v) is 11.9. The monoisotopic (exact) mass is 456 g/mol. The molecule has 0 bridgehead atoms. The van der Waals surface area contributed by atoms with Gasteiger partial charge in [0.2, 0.25) is 21.7 Å². The van der Waals surface area contributed by atoms with Crippen molar-refractivity contribution in [3.8, 4) is 5.75 Å². The van der Waals surface area contributed by atoms with Gasteiger partial charge in [0, 0.05) is 13.6 Å². The van der Waals surface area contributed by atoms with Gasteiger partial charge in [-0.2, -0.15) is 0 Å². The maximum atomic E-state index is 12.9. The summed E-state index contributed by atoms with van der Waals surface area (Å²) in [5, 5.41) is 15.1. The number of benzene rings is 2. The summed E-state index contributed by atoms with van der Waals surface area (Å²) in [5.74, 6) is -1.84. The molecule has 1 amide bonds. The Bertz CT molecular complexity index is 1370. The van der Waals surface area contributed by atoms with Gasteiger partial charge in [-0.05, 0) is 42.2 Å². The second-order valence-electron chi connectivity index (χ2n) is 7.87. The minimum Gasteiger partial charge on any atom is -0.501 e. The Morgan fingerprint density at radius 2 is 1.88 bits per heavy atom. The van der Waals surface area contributed by atoms with Crippen LogP contribution >= 0.6 is 0 Å². The SMILES string of the molecule is CC(NC(=O)c1nc(N2CCCCS2(=O)=O)n(C)c(=O)c1O)c1ccc2ccccc2c1. The van der Waals surface area contributed by atoms with Crippen LogP contribution in [0.1, 0.15) is 41.9 Å². The lowest BCUT2D eigenvalue weighted by Crippen LogP contribution is -2.42. The quantitative estimate of drug-likeness (QED) is 0.620. The molecule has 1 aliphatic rings. The van der Waals surface area contributed by atoms with Crippen LogP contribution in [0.4, 0.5) is 5.95 Å². The van der Waals surface area contributed by atoms with Crippen molar-refractivity contribution >= 4 is 32.7 Å². The van der Waals surface area contributed by atoms with Crippen molar-refractivity contribution in [2.45, 2.75) is 25.8 Å². The standard InChI is InChI=1S/C22H24N4O5S/c1-14(16-10-9-15-7-3-4-8-17(15)13-16)23-20(28)18-19(27)21(29)25(2)22(24-18)26-11-5-6-12-32(26,30)31/h3-4,7-10,13-14,27H,5-6,11-12H2,1-2H3,(H,23,28). The van der Waals surface area contributed by atoms with Crippen LogP contribution in [0.25, 0.3) is 10.8 Å². The first-order chi connectivity index (χ1) is 15.2. The van der Waals surface area contributed by atoms with Crippen molar-refractivity contribution in [1.82, 2.24) is 14.9 Å². The van der Waals surface area contributed by atoms with Crippen LogP contribution in [0.15, 0.2) is 47.3 Å². The fourth-order valence-corrected chi connectivity index (χ4v) is 5.41. The first-order valence-electron chi connectivity index (χ1n) is 10.3. The van der Waals surface area contributed by atoms with Gasteiger partial charge in [-0.15, -0.1) is 0 Å². The van der Waals surface area contributed by atoms with Crippen LogP contribution in [0.3, 0.4) is 0 Å². The highest BCUT2D eigenvalue weighted by Gasteiger charge is 2.31. The lowest BCUT2D eigenvalue weighted by Gasteiger charge is -2.28. The molecule has 1 fully saturated rings. The summed E-state index contributed by atoms with van der Waals surface area (Å²) in [6, 6.07) is 13.2. The number of aromatic hydroxyl groups is 1. The number of fused-ring (bicyclic) bond motifs is 1. The zero-order valence-electron chi connectivity index (χ0n) is 17.8. The van der Waals surface area contributed by atoms with E-state index in [1.807, 2.05) is 42.5 Å². The van der Waals surface area contributed by atoms with Crippen molar-refractivity contribution in [2.75, 3.05) is 16.6 Å². The average molecular weight is 457 g/mol. The van der Waals surface area contributed by atoms with Crippen molar-refractivity contribution < 1.29 is 18.3 Å². The number of nitrogens with zero attached hydrogens (tertiary/aromatic N) is 3. The van der Waals surface area contributed by atoms with Crippen LogP contribution in [-0.4, -0.2) is 41.3 Å². The topological polar surface area (TPSA) is 122 Å². The maximum Gasteiger partial charge on any atom is 0.297 e. The number of rotatable bonds is 4. The lowest BCUT2D eigenvalue weighted by atomic mass is 10.0. The fourth-order valence-electron chi connectivity index (χ4n) is 3.80. The second kappa shape index (κ2) is 8.27. The van der Waals surface area contributed by atoms with Crippen molar-refractivity contribution in [1.29, 1.82) is 0 Å². The maximum absolute atomic E-state index is 12.9. The van der Waals surface area contributed by atoms with Gasteiger partial charge in [0.25, 0.3) is 11.5 Å². The number of amides is 1. The molecule has 1 atom stereocenters. The molecule has 10 heteroatoms. The molecular weight excluding hydrogens is 432 g/mol. The van der Waals surface area contributed by atoms with Crippen molar-refractivity contribution in [3.05, 3.63) is 64.1 Å². The molecule has 2 aromatic carbocycles. The summed E-state index contributed by atoms with van der Waals surface area (Å²) in [7, 11) is -2.35. The number of carbonyl (C=O) groups excluding carboxylic acids is 1. The molecule has 2 heterocycles. The van der Waals surface area contributed by atoms with Crippen LogP contribution in [0.2, 0.25) is 0 Å². The summed E-state index contributed by atoms with van der Waals surface area (Å²) in [5.41, 5.74) is -0.560. The molecule has 0 aliphatic carbocycles. The van der Waals surface area contributed by atoms with E-state index in [4.69, 9.17) is 0 Å². The second-order valence-corrected chi connectivity index (χ2v) is 9.88. The Morgan fingerprint density at radius 1 is 1.16 bits per heavy atom. The van der Waals surface area contributed by atoms with Crippen LogP contribution < -0.4 is 15.2 Å². The average Bonchev–Trinajstić information content (AvgIpc) is 2.77. The van der Waals surface area contributed by atoms with Crippen LogP contribution in [0, 0.1) is 0 Å². The molecule has 1 saturated heterocycles. The van der Waals surface area contributed by atoms with Gasteiger partial charge >= 0.3 is 0 Å². The minimum absolute atomic E-state index is 0.0652. The Kier molecular flexibility index (Phi) is 5.64. The van der Waals surface area contributed by atoms with Gasteiger partial charge in [-0.25, -0.2) is 17.7 Å². The van der Waals surface area contributed by atoms with Gasteiger partial charge in [0.1, 0.15) is 0 Å². The summed E-state index contributed by atoms with van der Waals surface area (Å²) >= 11 is 0. The van der Waals surface area contributed by atoms with E-state index < -0.39 is 39.0 Å². The normalized spacial score (nSPS) is 16.6. The number of sulfonamides is 1. The summed E-state index contributed by atoms with van der Waals surface area (Å²) in [6.45, 7) is 1.93. The minimum atomic E-state index is -3.66. The van der Waals surface area contributed by atoms with E-state index in [1.54, 1.807) is 6.92 Å². The number of carbonyl (C=O) groups is 1. The lowest BCUT2D eigenvalue weighted by molar-refractivity contribution is 0.0931. The number of hydrogen-bond acceptors (Lipinski definition) is 6. The van der Waals surface area contributed by atoms with Gasteiger partial charge in [0.05, 0.1) is 11.8 Å². The predicted molar refractivity (Wildman–Crippen MR) is 121 cm³/mol. The Hall–Kier alpha value is -3.40. The van der Waals surface area contributed by atoms with E-state index >= 15 is 0 Å².